The fourth-order valence-corrected chi connectivity index (χ4v) is 4.45. The van der Waals surface area contributed by atoms with Gasteiger partial charge in [-0.1, -0.05) is 31.4 Å². The third-order valence-corrected chi connectivity index (χ3v) is 5.93. The molecule has 2 aliphatic rings. The molecule has 0 N–H and O–H groups in total. The number of benzene rings is 1. The van der Waals surface area contributed by atoms with Crippen LogP contribution in [0.1, 0.15) is 49.9 Å². The van der Waals surface area contributed by atoms with Crippen molar-refractivity contribution in [1.29, 1.82) is 0 Å². The van der Waals surface area contributed by atoms with E-state index in [0.29, 0.717) is 0 Å². The van der Waals surface area contributed by atoms with Crippen molar-refractivity contribution in [1.82, 2.24) is 19.8 Å². The van der Waals surface area contributed by atoms with E-state index in [1.807, 2.05) is 18.2 Å². The van der Waals surface area contributed by atoms with Crippen LogP contribution in [0.25, 0.3) is 11.0 Å². The average Bonchev–Trinajstić information content (AvgIpc) is 2.89. The monoisotopic (exact) mass is 338 g/mol. The summed E-state index contributed by atoms with van der Waals surface area (Å²) >= 11 is 0. The number of hydrogen-bond donors (Lipinski definition) is 0. The summed E-state index contributed by atoms with van der Waals surface area (Å²) in [7, 11) is 0. The predicted molar refractivity (Wildman–Crippen MR) is 103 cm³/mol. The number of hydrogen-bond acceptors (Lipinski definition) is 4. The van der Waals surface area contributed by atoms with E-state index >= 15 is 0 Å². The van der Waals surface area contributed by atoms with E-state index in [4.69, 9.17) is 9.97 Å². The van der Waals surface area contributed by atoms with Crippen LogP contribution in [-0.4, -0.2) is 52.0 Å². The lowest BCUT2D eigenvalue weighted by molar-refractivity contribution is 0.158. The fraction of sp³-hybridized carbons (Fsp3) is 0.619. The Morgan fingerprint density at radius 1 is 0.880 bits per heavy atom. The minimum Gasteiger partial charge on any atom is -0.299 e. The summed E-state index contributed by atoms with van der Waals surface area (Å²) in [6, 6.07) is 9.04. The Bertz CT molecular complexity index is 708. The minimum atomic E-state index is 0.843. The summed E-state index contributed by atoms with van der Waals surface area (Å²) in [6.07, 6.45) is 8.39. The molecule has 2 aromatic rings. The maximum absolute atomic E-state index is 4.89. The summed E-state index contributed by atoms with van der Waals surface area (Å²) in [5.41, 5.74) is 4.24. The molecule has 0 amide bonds. The summed E-state index contributed by atoms with van der Waals surface area (Å²) in [5, 5.41) is 0. The summed E-state index contributed by atoms with van der Waals surface area (Å²) in [5.74, 6) is 0. The first-order valence-corrected chi connectivity index (χ1v) is 9.98. The Labute approximate surface area is 151 Å². The van der Waals surface area contributed by atoms with Crippen molar-refractivity contribution < 1.29 is 0 Å². The van der Waals surface area contributed by atoms with Gasteiger partial charge in [0, 0.05) is 25.7 Å². The highest BCUT2D eigenvalue weighted by molar-refractivity contribution is 5.74. The van der Waals surface area contributed by atoms with Gasteiger partial charge in [-0.05, 0) is 51.4 Å². The quantitative estimate of drug-likeness (QED) is 0.852. The Morgan fingerprint density at radius 3 is 2.44 bits per heavy atom. The summed E-state index contributed by atoms with van der Waals surface area (Å²) in [6.45, 7) is 7.85. The zero-order valence-electron chi connectivity index (χ0n) is 15.5. The predicted octanol–water partition coefficient (Wildman–Crippen LogP) is 3.78. The van der Waals surface area contributed by atoms with E-state index < -0.39 is 0 Å². The van der Waals surface area contributed by atoms with Gasteiger partial charge in [-0.25, -0.2) is 9.97 Å². The second-order valence-corrected chi connectivity index (χ2v) is 7.70. The van der Waals surface area contributed by atoms with Crippen LogP contribution in [-0.2, 0) is 6.54 Å². The lowest BCUT2D eigenvalue weighted by Crippen LogP contribution is -2.39. The molecule has 25 heavy (non-hydrogen) atoms. The molecule has 134 valence electrons. The number of nitrogens with zero attached hydrogens (tertiary/aromatic N) is 4. The molecule has 4 rings (SSSR count). The van der Waals surface area contributed by atoms with Crippen molar-refractivity contribution in [2.75, 3.05) is 26.2 Å². The zero-order chi connectivity index (χ0) is 17.1. The van der Waals surface area contributed by atoms with Gasteiger partial charge in [0.05, 0.1) is 22.4 Å². The van der Waals surface area contributed by atoms with Gasteiger partial charge in [-0.2, -0.15) is 0 Å². The Balaban J connectivity index is 1.42. The standard InChI is InChI=1S/C21H30N4/c1-17-21(23-20-11-6-5-10-19(20)22-17)16-24-12-7-13-25(15-14-24)18-8-3-2-4-9-18/h5-6,10-11,18H,2-4,7-9,12-16H2,1H3. The van der Waals surface area contributed by atoms with Crippen molar-refractivity contribution in [3.8, 4) is 0 Å². The second-order valence-electron chi connectivity index (χ2n) is 7.70. The Kier molecular flexibility index (Phi) is 5.28. The third-order valence-electron chi connectivity index (χ3n) is 5.93. The van der Waals surface area contributed by atoms with Gasteiger partial charge >= 0.3 is 0 Å². The number of fused-ring (bicyclic) bond motifs is 1. The maximum atomic E-state index is 4.89. The lowest BCUT2D eigenvalue weighted by atomic mass is 9.94. The van der Waals surface area contributed by atoms with Crippen LogP contribution in [0.2, 0.25) is 0 Å². The number of rotatable bonds is 3. The molecule has 0 spiro atoms. The number of aryl methyl sites for hydroxylation is 1. The van der Waals surface area contributed by atoms with Crippen LogP contribution in [0.4, 0.5) is 0 Å². The van der Waals surface area contributed by atoms with Gasteiger partial charge in [-0.15, -0.1) is 0 Å². The van der Waals surface area contributed by atoms with E-state index in [1.54, 1.807) is 0 Å². The van der Waals surface area contributed by atoms with E-state index in [2.05, 4.69) is 22.8 Å². The van der Waals surface area contributed by atoms with E-state index in [9.17, 15) is 0 Å². The van der Waals surface area contributed by atoms with Gasteiger partial charge < -0.3 is 0 Å². The molecule has 1 saturated heterocycles. The molecule has 4 heteroatoms. The highest BCUT2D eigenvalue weighted by atomic mass is 15.2. The molecule has 0 unspecified atom stereocenters. The van der Waals surface area contributed by atoms with Crippen LogP contribution < -0.4 is 0 Å². The first kappa shape index (κ1) is 16.9. The normalized spacial score (nSPS) is 21.5. The van der Waals surface area contributed by atoms with Gasteiger partial charge in [0.1, 0.15) is 0 Å². The van der Waals surface area contributed by atoms with Crippen molar-refractivity contribution >= 4 is 11.0 Å². The molecular formula is C21H30N4. The van der Waals surface area contributed by atoms with E-state index in [-0.39, 0.29) is 0 Å². The molecule has 1 aliphatic heterocycles. The van der Waals surface area contributed by atoms with Gasteiger partial charge in [0.2, 0.25) is 0 Å². The first-order valence-electron chi connectivity index (χ1n) is 9.98. The Morgan fingerprint density at radius 2 is 1.64 bits per heavy atom. The lowest BCUT2D eigenvalue weighted by Gasteiger charge is -2.33. The molecule has 0 radical (unpaired) electrons. The Hall–Kier alpha value is -1.52. The van der Waals surface area contributed by atoms with Gasteiger partial charge in [0.25, 0.3) is 0 Å². The smallest absolute Gasteiger partial charge is 0.0890 e. The topological polar surface area (TPSA) is 32.3 Å². The summed E-state index contributed by atoms with van der Waals surface area (Å²) < 4.78 is 0. The van der Waals surface area contributed by atoms with E-state index in [0.717, 1.165) is 41.6 Å². The molecule has 0 atom stereocenters. The van der Waals surface area contributed by atoms with Crippen LogP contribution in [0.5, 0.6) is 0 Å². The maximum Gasteiger partial charge on any atom is 0.0890 e. The molecular weight excluding hydrogens is 308 g/mol. The molecule has 2 fully saturated rings. The van der Waals surface area contributed by atoms with Crippen LogP contribution in [0, 0.1) is 6.92 Å². The van der Waals surface area contributed by atoms with Gasteiger partial charge in [0.15, 0.2) is 0 Å². The highest BCUT2D eigenvalue weighted by Gasteiger charge is 2.24. The number of aromatic nitrogens is 2. The van der Waals surface area contributed by atoms with Crippen molar-refractivity contribution in [2.24, 2.45) is 0 Å². The second kappa shape index (κ2) is 7.79. The van der Waals surface area contributed by atoms with Gasteiger partial charge in [-0.3, -0.25) is 9.80 Å². The molecule has 1 aromatic carbocycles. The van der Waals surface area contributed by atoms with Crippen molar-refractivity contribution in [2.45, 2.75) is 58.0 Å². The molecule has 1 aliphatic carbocycles. The third kappa shape index (κ3) is 4.01. The molecule has 2 heterocycles. The first-order chi connectivity index (χ1) is 12.3. The summed E-state index contributed by atoms with van der Waals surface area (Å²) in [4.78, 5) is 15.0. The van der Waals surface area contributed by atoms with Crippen LogP contribution in [0.3, 0.4) is 0 Å². The van der Waals surface area contributed by atoms with Crippen LogP contribution >= 0.6 is 0 Å². The molecule has 4 nitrogen and oxygen atoms in total. The SMILES string of the molecule is Cc1nc2ccccc2nc1CN1CCCN(C2CCCCC2)CC1. The highest BCUT2D eigenvalue weighted by Crippen LogP contribution is 2.24. The molecule has 1 aromatic heterocycles. The minimum absolute atomic E-state index is 0.843. The van der Waals surface area contributed by atoms with Crippen molar-refractivity contribution in [3.63, 3.8) is 0 Å². The zero-order valence-corrected chi connectivity index (χ0v) is 15.5. The number of para-hydroxylation sites is 2. The molecule has 0 bridgehead atoms. The largest absolute Gasteiger partial charge is 0.299 e. The molecule has 1 saturated carbocycles. The van der Waals surface area contributed by atoms with Crippen LogP contribution in [0.15, 0.2) is 24.3 Å². The average molecular weight is 338 g/mol. The fourth-order valence-electron chi connectivity index (χ4n) is 4.45. The van der Waals surface area contributed by atoms with E-state index in [1.165, 1.54) is 58.2 Å². The van der Waals surface area contributed by atoms with Crippen molar-refractivity contribution in [3.05, 3.63) is 35.7 Å².